The van der Waals surface area contributed by atoms with Crippen molar-refractivity contribution in [1.82, 2.24) is 9.62 Å². The lowest BCUT2D eigenvalue weighted by molar-refractivity contribution is -0.0440. The van der Waals surface area contributed by atoms with Crippen molar-refractivity contribution in [2.45, 2.75) is 31.0 Å². The van der Waals surface area contributed by atoms with Gasteiger partial charge in [0, 0.05) is 18.7 Å². The second-order valence-corrected chi connectivity index (χ2v) is 7.43. The number of terminal acetylenes is 1. The maximum Gasteiger partial charge on any atom is 0.252 e. The van der Waals surface area contributed by atoms with Crippen LogP contribution in [-0.2, 0) is 14.8 Å². The first kappa shape index (κ1) is 17.5. The standard InChI is InChI=1S/C16H20N2O4S/c1-4-9-17-16(19)14-5-7-15(8-6-14)23(20,21)18-10-12(2)22-13(3)11-18/h1,5-8,12-13H,9-11H2,2-3H3,(H,17,19)/t12-,13-/m0/s1. The number of hydrogen-bond acceptors (Lipinski definition) is 4. The van der Waals surface area contributed by atoms with Gasteiger partial charge in [-0.25, -0.2) is 8.42 Å². The number of amides is 1. The Morgan fingerprint density at radius 1 is 1.30 bits per heavy atom. The Hall–Kier alpha value is -1.88. The van der Waals surface area contributed by atoms with E-state index in [0.717, 1.165) is 0 Å². The molecule has 1 saturated heterocycles. The summed E-state index contributed by atoms with van der Waals surface area (Å²) < 4.78 is 32.3. The van der Waals surface area contributed by atoms with Gasteiger partial charge in [-0.3, -0.25) is 4.79 Å². The maximum atomic E-state index is 12.7. The van der Waals surface area contributed by atoms with Gasteiger partial charge >= 0.3 is 0 Å². The molecular formula is C16H20N2O4S. The molecular weight excluding hydrogens is 316 g/mol. The lowest BCUT2D eigenvalue weighted by Crippen LogP contribution is -2.48. The van der Waals surface area contributed by atoms with Gasteiger partial charge in [0.05, 0.1) is 23.6 Å². The molecule has 6 nitrogen and oxygen atoms in total. The van der Waals surface area contributed by atoms with Crippen molar-refractivity contribution in [3.63, 3.8) is 0 Å². The number of sulfonamides is 1. The van der Waals surface area contributed by atoms with Gasteiger partial charge in [-0.15, -0.1) is 6.42 Å². The van der Waals surface area contributed by atoms with Gasteiger partial charge in [0.2, 0.25) is 10.0 Å². The molecule has 0 unspecified atom stereocenters. The normalized spacial score (nSPS) is 22.3. The van der Waals surface area contributed by atoms with Crippen LogP contribution in [0.25, 0.3) is 0 Å². The minimum absolute atomic E-state index is 0.127. The predicted octanol–water partition coefficient (Wildman–Crippen LogP) is 0.847. The predicted molar refractivity (Wildman–Crippen MR) is 86.4 cm³/mol. The third kappa shape index (κ3) is 4.10. The second-order valence-electron chi connectivity index (χ2n) is 5.49. The molecule has 2 rings (SSSR count). The Labute approximate surface area is 136 Å². The van der Waals surface area contributed by atoms with E-state index < -0.39 is 10.0 Å². The molecule has 1 aromatic carbocycles. The molecule has 7 heteroatoms. The van der Waals surface area contributed by atoms with E-state index in [1.807, 2.05) is 13.8 Å². The topological polar surface area (TPSA) is 75.7 Å². The first-order valence-electron chi connectivity index (χ1n) is 7.32. The summed E-state index contributed by atoms with van der Waals surface area (Å²) >= 11 is 0. The monoisotopic (exact) mass is 336 g/mol. The summed E-state index contributed by atoms with van der Waals surface area (Å²) in [6, 6.07) is 5.83. The first-order chi connectivity index (χ1) is 10.8. The van der Waals surface area contributed by atoms with Crippen molar-refractivity contribution in [1.29, 1.82) is 0 Å². The zero-order valence-corrected chi connectivity index (χ0v) is 14.0. The van der Waals surface area contributed by atoms with Crippen molar-refractivity contribution >= 4 is 15.9 Å². The fourth-order valence-electron chi connectivity index (χ4n) is 2.49. The summed E-state index contributed by atoms with van der Waals surface area (Å²) in [6.45, 7) is 4.45. The number of nitrogens with zero attached hydrogens (tertiary/aromatic N) is 1. The Morgan fingerprint density at radius 2 is 1.87 bits per heavy atom. The smallest absolute Gasteiger partial charge is 0.252 e. The molecule has 0 bridgehead atoms. The Balaban J connectivity index is 2.17. The number of morpholine rings is 1. The van der Waals surface area contributed by atoms with Crippen LogP contribution in [0.3, 0.4) is 0 Å². The number of benzene rings is 1. The minimum atomic E-state index is -3.60. The molecule has 1 heterocycles. The van der Waals surface area contributed by atoms with Crippen LogP contribution in [0.4, 0.5) is 0 Å². The number of nitrogens with one attached hydrogen (secondary N) is 1. The molecule has 0 radical (unpaired) electrons. The highest BCUT2D eigenvalue weighted by molar-refractivity contribution is 7.89. The van der Waals surface area contributed by atoms with Crippen molar-refractivity contribution in [2.24, 2.45) is 0 Å². The van der Waals surface area contributed by atoms with E-state index in [2.05, 4.69) is 11.2 Å². The average molecular weight is 336 g/mol. The van der Waals surface area contributed by atoms with E-state index in [-0.39, 0.29) is 29.6 Å². The highest BCUT2D eigenvalue weighted by Gasteiger charge is 2.32. The van der Waals surface area contributed by atoms with Crippen LogP contribution in [0.5, 0.6) is 0 Å². The van der Waals surface area contributed by atoms with Crippen molar-refractivity contribution in [3.05, 3.63) is 29.8 Å². The number of hydrogen-bond donors (Lipinski definition) is 1. The molecule has 0 aliphatic carbocycles. The van der Waals surface area contributed by atoms with E-state index in [4.69, 9.17) is 11.2 Å². The van der Waals surface area contributed by atoms with Crippen LogP contribution in [0, 0.1) is 12.3 Å². The molecule has 0 spiro atoms. The summed E-state index contributed by atoms with van der Waals surface area (Å²) in [5.74, 6) is 1.98. The van der Waals surface area contributed by atoms with Gasteiger partial charge in [-0.2, -0.15) is 4.31 Å². The Morgan fingerprint density at radius 3 is 2.39 bits per heavy atom. The molecule has 1 aliphatic rings. The SMILES string of the molecule is C#CCNC(=O)c1ccc(S(=O)(=O)N2C[C@H](C)O[C@@H](C)C2)cc1. The summed E-state index contributed by atoms with van der Waals surface area (Å²) in [7, 11) is -3.60. The molecule has 0 saturated carbocycles. The third-order valence-corrected chi connectivity index (χ3v) is 5.34. The lowest BCUT2D eigenvalue weighted by atomic mass is 10.2. The molecule has 124 valence electrons. The van der Waals surface area contributed by atoms with E-state index in [9.17, 15) is 13.2 Å². The van der Waals surface area contributed by atoms with E-state index >= 15 is 0 Å². The van der Waals surface area contributed by atoms with Crippen LogP contribution in [0.1, 0.15) is 24.2 Å². The van der Waals surface area contributed by atoms with Crippen molar-refractivity contribution < 1.29 is 17.9 Å². The van der Waals surface area contributed by atoms with Crippen LogP contribution in [0.2, 0.25) is 0 Å². The number of ether oxygens (including phenoxy) is 1. The van der Waals surface area contributed by atoms with E-state index in [1.165, 1.54) is 28.6 Å². The summed E-state index contributed by atoms with van der Waals surface area (Å²) in [6.07, 6.45) is 4.78. The van der Waals surface area contributed by atoms with Crippen LogP contribution in [-0.4, -0.2) is 50.5 Å². The minimum Gasteiger partial charge on any atom is -0.373 e. The van der Waals surface area contributed by atoms with Crippen molar-refractivity contribution in [2.75, 3.05) is 19.6 Å². The van der Waals surface area contributed by atoms with Crippen molar-refractivity contribution in [3.8, 4) is 12.3 Å². The number of carbonyl (C=O) groups excluding carboxylic acids is 1. The summed E-state index contributed by atoms with van der Waals surface area (Å²) in [5.41, 5.74) is 0.364. The Bertz CT molecular complexity index is 697. The van der Waals surface area contributed by atoms with Gasteiger partial charge < -0.3 is 10.1 Å². The van der Waals surface area contributed by atoms with Gasteiger partial charge in [-0.05, 0) is 38.1 Å². The molecule has 1 aliphatic heterocycles. The molecule has 1 N–H and O–H groups in total. The van der Waals surface area contributed by atoms with Gasteiger partial charge in [-0.1, -0.05) is 5.92 Å². The molecule has 2 atom stereocenters. The largest absolute Gasteiger partial charge is 0.373 e. The van der Waals surface area contributed by atoms with Gasteiger partial charge in [0.15, 0.2) is 0 Å². The zero-order chi connectivity index (χ0) is 17.0. The molecule has 0 aromatic heterocycles. The molecule has 1 fully saturated rings. The maximum absolute atomic E-state index is 12.7. The zero-order valence-electron chi connectivity index (χ0n) is 13.2. The van der Waals surface area contributed by atoms with Crippen LogP contribution < -0.4 is 5.32 Å². The summed E-state index contributed by atoms with van der Waals surface area (Å²) in [5, 5.41) is 2.53. The van der Waals surface area contributed by atoms with Gasteiger partial charge in [0.1, 0.15) is 0 Å². The van der Waals surface area contributed by atoms with E-state index in [0.29, 0.717) is 18.7 Å². The van der Waals surface area contributed by atoms with Crippen LogP contribution in [0.15, 0.2) is 29.2 Å². The second kappa shape index (κ2) is 7.13. The molecule has 1 amide bonds. The molecule has 1 aromatic rings. The highest BCUT2D eigenvalue weighted by atomic mass is 32.2. The van der Waals surface area contributed by atoms with Crippen LogP contribution >= 0.6 is 0 Å². The van der Waals surface area contributed by atoms with E-state index in [1.54, 1.807) is 0 Å². The number of rotatable bonds is 4. The number of carbonyl (C=O) groups is 1. The van der Waals surface area contributed by atoms with Gasteiger partial charge in [0.25, 0.3) is 5.91 Å². The summed E-state index contributed by atoms with van der Waals surface area (Å²) in [4.78, 5) is 11.9. The average Bonchev–Trinajstić information content (AvgIpc) is 2.51. The molecule has 23 heavy (non-hydrogen) atoms. The first-order valence-corrected chi connectivity index (χ1v) is 8.76. The lowest BCUT2D eigenvalue weighted by Gasteiger charge is -2.34. The highest BCUT2D eigenvalue weighted by Crippen LogP contribution is 2.21. The quantitative estimate of drug-likeness (QED) is 0.827. The fourth-order valence-corrected chi connectivity index (χ4v) is 4.08. The third-order valence-electron chi connectivity index (χ3n) is 3.49. The Kier molecular flexibility index (Phi) is 5.42. The fraction of sp³-hybridized carbons (Fsp3) is 0.438.